The summed E-state index contributed by atoms with van der Waals surface area (Å²) in [6.07, 6.45) is 3.75. The van der Waals surface area contributed by atoms with E-state index in [1.807, 2.05) is 50.8 Å². The molecule has 2 aromatic rings. The Balaban J connectivity index is 1.53. The van der Waals surface area contributed by atoms with E-state index in [1.54, 1.807) is 17.3 Å². The Morgan fingerprint density at radius 3 is 2.55 bits per heavy atom. The number of amides is 2. The van der Waals surface area contributed by atoms with E-state index in [-0.39, 0.29) is 18.0 Å². The predicted octanol–water partition coefficient (Wildman–Crippen LogP) is 2.66. The molecule has 1 aromatic heterocycles. The summed E-state index contributed by atoms with van der Waals surface area (Å²) in [7, 11) is 0. The Hall–Kier alpha value is -2.90. The predicted molar refractivity (Wildman–Crippen MR) is 107 cm³/mol. The molecule has 8 heteroatoms. The first-order chi connectivity index (χ1) is 13.7. The number of aryl methyl sites for hydroxylation is 1. The van der Waals surface area contributed by atoms with Crippen LogP contribution in [0.3, 0.4) is 0 Å². The Morgan fingerprint density at radius 2 is 1.86 bits per heavy atom. The number of piperidine rings is 1. The van der Waals surface area contributed by atoms with Crippen LogP contribution in [0.2, 0.25) is 0 Å². The highest BCUT2D eigenvalue weighted by molar-refractivity contribution is 5.98. The van der Waals surface area contributed by atoms with Crippen LogP contribution in [0.15, 0.2) is 30.6 Å². The molecular formula is C21H27N5O3. The molecular weight excluding hydrogens is 370 g/mol. The largest absolute Gasteiger partial charge is 0.444 e. The summed E-state index contributed by atoms with van der Waals surface area (Å²) in [6, 6.07) is 5.71. The second kappa shape index (κ2) is 7.17. The molecule has 4 rings (SSSR count). The van der Waals surface area contributed by atoms with Crippen molar-refractivity contribution in [1.29, 1.82) is 0 Å². The van der Waals surface area contributed by atoms with Gasteiger partial charge in [-0.2, -0.15) is 15.0 Å². The molecule has 29 heavy (non-hydrogen) atoms. The first kappa shape index (κ1) is 19.4. The van der Waals surface area contributed by atoms with Crippen molar-refractivity contribution in [1.82, 2.24) is 24.8 Å². The van der Waals surface area contributed by atoms with Gasteiger partial charge in [0.25, 0.3) is 5.91 Å². The molecule has 0 radical (unpaired) electrons. The first-order valence-corrected chi connectivity index (χ1v) is 9.99. The van der Waals surface area contributed by atoms with Gasteiger partial charge in [0.15, 0.2) is 0 Å². The quantitative estimate of drug-likeness (QED) is 0.778. The molecule has 2 fully saturated rings. The van der Waals surface area contributed by atoms with Crippen LogP contribution in [0.25, 0.3) is 5.69 Å². The van der Waals surface area contributed by atoms with Gasteiger partial charge in [-0.05, 0) is 46.2 Å². The summed E-state index contributed by atoms with van der Waals surface area (Å²) < 4.78 is 5.51. The minimum absolute atomic E-state index is 0.0164. The minimum Gasteiger partial charge on any atom is -0.444 e. The SMILES string of the molecule is Cc1ccc(-n2nccn2)c(C(=O)N2CC3CCN(C(=O)OC(C)(C)C)CC32)c1. The molecule has 2 aliphatic rings. The number of hydrogen-bond donors (Lipinski definition) is 0. The van der Waals surface area contributed by atoms with E-state index in [0.29, 0.717) is 36.8 Å². The van der Waals surface area contributed by atoms with Gasteiger partial charge in [-0.3, -0.25) is 4.79 Å². The van der Waals surface area contributed by atoms with Crippen LogP contribution in [0.4, 0.5) is 4.79 Å². The zero-order valence-electron chi connectivity index (χ0n) is 17.3. The molecule has 8 nitrogen and oxygen atoms in total. The summed E-state index contributed by atoms with van der Waals surface area (Å²) in [5.41, 5.74) is 1.71. The average molecular weight is 397 g/mol. The summed E-state index contributed by atoms with van der Waals surface area (Å²) in [5.74, 6) is 0.377. The molecule has 2 amide bonds. The molecule has 0 bridgehead atoms. The number of nitrogens with zero attached hydrogens (tertiary/aromatic N) is 5. The van der Waals surface area contributed by atoms with Gasteiger partial charge in [0.1, 0.15) is 5.60 Å². The third kappa shape index (κ3) is 3.83. The van der Waals surface area contributed by atoms with Gasteiger partial charge in [0.2, 0.25) is 0 Å². The molecule has 0 aliphatic carbocycles. The lowest BCUT2D eigenvalue weighted by molar-refractivity contribution is -0.0385. The molecule has 2 atom stereocenters. The van der Waals surface area contributed by atoms with Crippen molar-refractivity contribution < 1.29 is 14.3 Å². The lowest BCUT2D eigenvalue weighted by Crippen LogP contribution is -2.66. The van der Waals surface area contributed by atoms with Crippen LogP contribution in [-0.2, 0) is 4.74 Å². The zero-order chi connectivity index (χ0) is 20.8. The van der Waals surface area contributed by atoms with Crippen LogP contribution in [0.5, 0.6) is 0 Å². The van der Waals surface area contributed by atoms with Gasteiger partial charge in [0, 0.05) is 25.6 Å². The van der Waals surface area contributed by atoms with Gasteiger partial charge in [-0.1, -0.05) is 11.6 Å². The van der Waals surface area contributed by atoms with E-state index < -0.39 is 5.60 Å². The number of carbonyl (C=O) groups is 2. The fraction of sp³-hybridized carbons (Fsp3) is 0.524. The van der Waals surface area contributed by atoms with Crippen LogP contribution in [0.1, 0.15) is 43.1 Å². The number of carbonyl (C=O) groups excluding carboxylic acids is 2. The molecule has 1 aromatic carbocycles. The van der Waals surface area contributed by atoms with Crippen molar-refractivity contribution in [3.8, 4) is 5.69 Å². The van der Waals surface area contributed by atoms with Crippen molar-refractivity contribution in [2.45, 2.75) is 45.8 Å². The Kier molecular flexibility index (Phi) is 4.80. The van der Waals surface area contributed by atoms with Crippen molar-refractivity contribution in [2.75, 3.05) is 19.6 Å². The average Bonchev–Trinajstić information content (AvgIpc) is 3.15. The van der Waals surface area contributed by atoms with E-state index in [2.05, 4.69) is 10.2 Å². The van der Waals surface area contributed by atoms with E-state index in [9.17, 15) is 9.59 Å². The molecule has 3 heterocycles. The summed E-state index contributed by atoms with van der Waals surface area (Å²) in [6.45, 7) is 9.43. The normalized spacial score (nSPS) is 21.4. The van der Waals surface area contributed by atoms with Crippen LogP contribution >= 0.6 is 0 Å². The highest BCUT2D eigenvalue weighted by Crippen LogP contribution is 2.35. The van der Waals surface area contributed by atoms with E-state index in [4.69, 9.17) is 4.74 Å². The Labute approximate surface area is 170 Å². The monoisotopic (exact) mass is 397 g/mol. The van der Waals surface area contributed by atoms with Crippen molar-refractivity contribution >= 4 is 12.0 Å². The maximum atomic E-state index is 13.4. The van der Waals surface area contributed by atoms with Gasteiger partial charge in [0.05, 0.1) is 29.7 Å². The number of fused-ring (bicyclic) bond motifs is 1. The number of aromatic nitrogens is 3. The first-order valence-electron chi connectivity index (χ1n) is 9.99. The van der Waals surface area contributed by atoms with Gasteiger partial charge >= 0.3 is 6.09 Å². The fourth-order valence-electron chi connectivity index (χ4n) is 4.01. The highest BCUT2D eigenvalue weighted by atomic mass is 16.6. The van der Waals surface area contributed by atoms with Crippen molar-refractivity contribution in [3.05, 3.63) is 41.7 Å². The summed E-state index contributed by atoms with van der Waals surface area (Å²) in [5, 5.41) is 8.36. The molecule has 2 saturated heterocycles. The van der Waals surface area contributed by atoms with Gasteiger partial charge in [-0.15, -0.1) is 0 Å². The zero-order valence-corrected chi connectivity index (χ0v) is 17.3. The maximum Gasteiger partial charge on any atom is 0.410 e. The van der Waals surface area contributed by atoms with E-state index >= 15 is 0 Å². The highest BCUT2D eigenvalue weighted by Gasteiger charge is 2.47. The lowest BCUT2D eigenvalue weighted by atomic mass is 9.81. The Bertz CT molecular complexity index is 919. The number of hydrogen-bond acceptors (Lipinski definition) is 5. The number of rotatable bonds is 2. The second-order valence-corrected chi connectivity index (χ2v) is 8.84. The molecule has 0 N–H and O–H groups in total. The summed E-state index contributed by atoms with van der Waals surface area (Å²) >= 11 is 0. The minimum atomic E-state index is -0.531. The molecule has 2 unspecified atom stereocenters. The van der Waals surface area contributed by atoms with Crippen LogP contribution in [-0.4, -0.2) is 68.1 Å². The van der Waals surface area contributed by atoms with Crippen molar-refractivity contribution in [3.63, 3.8) is 0 Å². The molecule has 154 valence electrons. The Morgan fingerprint density at radius 1 is 1.14 bits per heavy atom. The molecule has 2 aliphatic heterocycles. The van der Waals surface area contributed by atoms with Gasteiger partial charge in [-0.25, -0.2) is 4.79 Å². The number of benzene rings is 1. The maximum absolute atomic E-state index is 13.4. The molecule has 0 saturated carbocycles. The number of likely N-dealkylation sites (tertiary alicyclic amines) is 2. The van der Waals surface area contributed by atoms with E-state index in [1.165, 1.54) is 4.80 Å². The standard InChI is InChI=1S/C21H27N5O3/c1-14-5-6-17(26-22-8-9-23-26)16(11-14)19(27)25-12-15-7-10-24(13-18(15)25)20(28)29-21(2,3)4/h5-6,8-9,11,15,18H,7,10,12-13H2,1-4H3. The van der Waals surface area contributed by atoms with Crippen LogP contribution < -0.4 is 0 Å². The second-order valence-electron chi connectivity index (χ2n) is 8.84. The fourth-order valence-corrected chi connectivity index (χ4v) is 4.01. The van der Waals surface area contributed by atoms with Gasteiger partial charge < -0.3 is 14.5 Å². The van der Waals surface area contributed by atoms with Crippen LogP contribution in [0, 0.1) is 12.8 Å². The lowest BCUT2D eigenvalue weighted by Gasteiger charge is -2.53. The van der Waals surface area contributed by atoms with E-state index in [0.717, 1.165) is 12.0 Å². The van der Waals surface area contributed by atoms with Crippen molar-refractivity contribution in [2.24, 2.45) is 5.92 Å². The smallest absolute Gasteiger partial charge is 0.410 e. The number of ether oxygens (including phenoxy) is 1. The topological polar surface area (TPSA) is 80.6 Å². The molecule has 0 spiro atoms. The third-order valence-electron chi connectivity index (χ3n) is 5.48. The summed E-state index contributed by atoms with van der Waals surface area (Å²) in [4.78, 5) is 30.9. The third-order valence-corrected chi connectivity index (χ3v) is 5.48.